The van der Waals surface area contributed by atoms with Crippen LogP contribution in [0.4, 0.5) is 0 Å². The van der Waals surface area contributed by atoms with Crippen LogP contribution in [0.15, 0.2) is 18.2 Å². The van der Waals surface area contributed by atoms with Gasteiger partial charge in [0.1, 0.15) is 5.75 Å². The molecule has 1 aromatic carbocycles. The van der Waals surface area contributed by atoms with E-state index in [0.29, 0.717) is 5.75 Å². The standard InChI is InChI=1S/C17H26ClNO2/c1-4-9-21-15-10-12-7-8-13(20)11-14(12)17(5-2,6-3)16(15)19-18/h7-8,11,15-16,19-20H,4-6,9-10H2,1-3H3. The number of hydrogen-bond donors (Lipinski definition) is 2. The van der Waals surface area contributed by atoms with Crippen molar-refractivity contribution in [2.24, 2.45) is 0 Å². The molecule has 2 unspecified atom stereocenters. The van der Waals surface area contributed by atoms with E-state index >= 15 is 0 Å². The van der Waals surface area contributed by atoms with Crippen molar-refractivity contribution in [1.29, 1.82) is 0 Å². The van der Waals surface area contributed by atoms with E-state index in [1.165, 1.54) is 11.1 Å². The molecule has 0 spiro atoms. The molecule has 0 aliphatic heterocycles. The Morgan fingerprint density at radius 3 is 2.62 bits per heavy atom. The zero-order valence-corrected chi connectivity index (χ0v) is 13.9. The van der Waals surface area contributed by atoms with E-state index in [1.54, 1.807) is 6.07 Å². The second kappa shape index (κ2) is 6.99. The predicted octanol–water partition coefficient (Wildman–Crippen LogP) is 3.91. The summed E-state index contributed by atoms with van der Waals surface area (Å²) in [6, 6.07) is 5.74. The highest BCUT2D eigenvalue weighted by Gasteiger charge is 2.47. The van der Waals surface area contributed by atoms with E-state index in [0.717, 1.165) is 32.3 Å². The number of nitrogens with one attached hydrogen (secondary N) is 1. The fraction of sp³-hybridized carbons (Fsp3) is 0.647. The van der Waals surface area contributed by atoms with Gasteiger partial charge < -0.3 is 9.84 Å². The average Bonchev–Trinajstić information content (AvgIpc) is 2.51. The molecule has 21 heavy (non-hydrogen) atoms. The van der Waals surface area contributed by atoms with Gasteiger partial charge in [-0.1, -0.05) is 26.8 Å². The van der Waals surface area contributed by atoms with Crippen molar-refractivity contribution in [3.63, 3.8) is 0 Å². The van der Waals surface area contributed by atoms with Gasteiger partial charge in [-0.3, -0.25) is 0 Å². The Kier molecular flexibility index (Phi) is 5.53. The van der Waals surface area contributed by atoms with E-state index in [-0.39, 0.29) is 17.6 Å². The van der Waals surface area contributed by atoms with Gasteiger partial charge in [0.05, 0.1) is 12.1 Å². The minimum atomic E-state index is -0.105. The summed E-state index contributed by atoms with van der Waals surface area (Å²) in [5.41, 5.74) is 2.37. The van der Waals surface area contributed by atoms with E-state index in [2.05, 4.69) is 25.6 Å². The molecule has 0 fully saturated rings. The zero-order valence-electron chi connectivity index (χ0n) is 13.2. The minimum absolute atomic E-state index is 0.0509. The molecule has 1 aromatic rings. The Labute approximate surface area is 132 Å². The second-order valence-corrected chi connectivity index (χ2v) is 6.12. The predicted molar refractivity (Wildman–Crippen MR) is 86.9 cm³/mol. The number of ether oxygens (including phenoxy) is 1. The SMILES string of the molecule is CCCOC1Cc2ccc(O)cc2C(CC)(CC)C1NCl. The van der Waals surface area contributed by atoms with Crippen LogP contribution in [0.3, 0.4) is 0 Å². The van der Waals surface area contributed by atoms with Crippen molar-refractivity contribution in [2.45, 2.75) is 64.0 Å². The van der Waals surface area contributed by atoms with Crippen molar-refractivity contribution < 1.29 is 9.84 Å². The summed E-state index contributed by atoms with van der Waals surface area (Å²) < 4.78 is 6.07. The minimum Gasteiger partial charge on any atom is -0.508 e. The first kappa shape index (κ1) is 16.6. The summed E-state index contributed by atoms with van der Waals surface area (Å²) in [4.78, 5) is 2.98. The Morgan fingerprint density at radius 1 is 1.33 bits per heavy atom. The molecule has 118 valence electrons. The van der Waals surface area contributed by atoms with Gasteiger partial charge in [-0.2, -0.15) is 0 Å². The summed E-state index contributed by atoms with van der Waals surface area (Å²) in [6.45, 7) is 7.23. The summed E-state index contributed by atoms with van der Waals surface area (Å²) in [5, 5.41) is 9.89. The first-order valence-corrected chi connectivity index (χ1v) is 8.30. The molecule has 0 heterocycles. The van der Waals surface area contributed by atoms with Gasteiger partial charge in [-0.15, -0.1) is 0 Å². The molecule has 2 atom stereocenters. The Bertz CT molecular complexity index is 474. The maximum atomic E-state index is 9.89. The first-order chi connectivity index (χ1) is 10.1. The fourth-order valence-corrected chi connectivity index (χ4v) is 4.08. The first-order valence-electron chi connectivity index (χ1n) is 7.93. The number of benzene rings is 1. The Morgan fingerprint density at radius 2 is 2.05 bits per heavy atom. The van der Waals surface area contributed by atoms with Gasteiger partial charge in [0.15, 0.2) is 0 Å². The molecule has 3 nitrogen and oxygen atoms in total. The van der Waals surface area contributed by atoms with Crippen molar-refractivity contribution in [1.82, 2.24) is 4.84 Å². The third-order valence-corrected chi connectivity index (χ3v) is 5.17. The van der Waals surface area contributed by atoms with Crippen LogP contribution in [0, 0.1) is 0 Å². The number of aromatic hydroxyl groups is 1. The lowest BCUT2D eigenvalue weighted by molar-refractivity contribution is 0.000269. The van der Waals surface area contributed by atoms with Crippen molar-refractivity contribution in [3.05, 3.63) is 29.3 Å². The van der Waals surface area contributed by atoms with Crippen LogP contribution in [-0.4, -0.2) is 23.9 Å². The van der Waals surface area contributed by atoms with Gasteiger partial charge in [-0.05, 0) is 54.3 Å². The van der Waals surface area contributed by atoms with E-state index in [4.69, 9.17) is 16.5 Å². The lowest BCUT2D eigenvalue weighted by Crippen LogP contribution is -2.56. The molecule has 0 saturated carbocycles. The van der Waals surface area contributed by atoms with Crippen LogP contribution in [0.5, 0.6) is 5.75 Å². The topological polar surface area (TPSA) is 41.5 Å². The monoisotopic (exact) mass is 311 g/mol. The van der Waals surface area contributed by atoms with Crippen LogP contribution in [0.25, 0.3) is 0 Å². The number of halogens is 1. The maximum absolute atomic E-state index is 9.89. The average molecular weight is 312 g/mol. The smallest absolute Gasteiger partial charge is 0.115 e. The quantitative estimate of drug-likeness (QED) is 0.783. The van der Waals surface area contributed by atoms with Crippen LogP contribution < -0.4 is 4.84 Å². The number of rotatable bonds is 6. The number of phenolic OH excluding ortho intramolecular Hbond substituents is 1. The number of fused-ring (bicyclic) bond motifs is 1. The highest BCUT2D eigenvalue weighted by molar-refractivity contribution is 6.13. The van der Waals surface area contributed by atoms with Crippen molar-refractivity contribution >= 4 is 11.8 Å². The third kappa shape index (κ3) is 2.92. The van der Waals surface area contributed by atoms with Gasteiger partial charge in [0.25, 0.3) is 0 Å². The molecule has 0 radical (unpaired) electrons. The van der Waals surface area contributed by atoms with E-state index in [9.17, 15) is 5.11 Å². The van der Waals surface area contributed by atoms with Gasteiger partial charge in [0.2, 0.25) is 0 Å². The highest BCUT2D eigenvalue weighted by Crippen LogP contribution is 2.45. The third-order valence-electron chi connectivity index (χ3n) is 4.93. The Hall–Kier alpha value is -0.770. The Balaban J connectivity index is 2.49. The maximum Gasteiger partial charge on any atom is 0.115 e. The lowest BCUT2D eigenvalue weighted by Gasteiger charge is -2.48. The largest absolute Gasteiger partial charge is 0.508 e. The van der Waals surface area contributed by atoms with Gasteiger partial charge in [-0.25, -0.2) is 4.84 Å². The highest BCUT2D eigenvalue weighted by atomic mass is 35.5. The number of hydrogen-bond acceptors (Lipinski definition) is 3. The molecular formula is C17H26ClNO2. The van der Waals surface area contributed by atoms with Crippen LogP contribution in [0.1, 0.15) is 51.2 Å². The second-order valence-electron chi connectivity index (χ2n) is 5.90. The van der Waals surface area contributed by atoms with E-state index < -0.39 is 0 Å². The van der Waals surface area contributed by atoms with Crippen LogP contribution >= 0.6 is 11.8 Å². The summed E-state index contributed by atoms with van der Waals surface area (Å²) in [5.74, 6) is 0.321. The summed E-state index contributed by atoms with van der Waals surface area (Å²) in [7, 11) is 0. The van der Waals surface area contributed by atoms with Gasteiger partial charge >= 0.3 is 0 Å². The molecule has 2 rings (SSSR count). The molecule has 0 saturated heterocycles. The molecule has 0 amide bonds. The molecule has 4 heteroatoms. The summed E-state index contributed by atoms with van der Waals surface area (Å²) >= 11 is 6.11. The lowest BCUT2D eigenvalue weighted by atomic mass is 9.63. The zero-order chi connectivity index (χ0) is 15.5. The van der Waals surface area contributed by atoms with Crippen LogP contribution in [0.2, 0.25) is 0 Å². The molecule has 1 aliphatic rings. The van der Waals surface area contributed by atoms with Crippen molar-refractivity contribution in [3.8, 4) is 5.75 Å². The van der Waals surface area contributed by atoms with Crippen molar-refractivity contribution in [2.75, 3.05) is 6.61 Å². The molecule has 1 aliphatic carbocycles. The molecule has 2 N–H and O–H groups in total. The van der Waals surface area contributed by atoms with Crippen LogP contribution in [-0.2, 0) is 16.6 Å². The molecular weight excluding hydrogens is 286 g/mol. The molecule has 0 bridgehead atoms. The number of phenols is 1. The normalized spacial score (nSPS) is 23.8. The van der Waals surface area contributed by atoms with Gasteiger partial charge in [0, 0.05) is 18.4 Å². The summed E-state index contributed by atoms with van der Waals surface area (Å²) in [6.07, 6.45) is 3.81. The fourth-order valence-electron chi connectivity index (χ4n) is 3.73. The molecule has 0 aromatic heterocycles. The van der Waals surface area contributed by atoms with E-state index in [1.807, 2.05) is 12.1 Å².